The first kappa shape index (κ1) is 32.2. The summed E-state index contributed by atoms with van der Waals surface area (Å²) in [6, 6.07) is 10.6. The number of nitrogens with zero attached hydrogens (tertiary/aromatic N) is 6. The van der Waals surface area contributed by atoms with E-state index in [9.17, 15) is 19.5 Å². The lowest BCUT2D eigenvalue weighted by Crippen LogP contribution is -2.53. The van der Waals surface area contributed by atoms with E-state index in [0.29, 0.717) is 81.3 Å². The molecule has 7 rings (SSSR count). The van der Waals surface area contributed by atoms with Gasteiger partial charge in [0, 0.05) is 70.0 Å². The number of nitrogens with one attached hydrogen (secondary N) is 1. The largest absolute Gasteiger partial charge is 0.478 e. The number of esters is 1. The Balaban J connectivity index is 1.13. The summed E-state index contributed by atoms with van der Waals surface area (Å²) in [5, 5.41) is 18.4. The minimum Gasteiger partial charge on any atom is -0.478 e. The monoisotopic (exact) mass is 723 g/mol. The van der Waals surface area contributed by atoms with Crippen LogP contribution in [0, 0.1) is 0 Å². The summed E-state index contributed by atoms with van der Waals surface area (Å²) in [5.41, 5.74) is 3.19. The van der Waals surface area contributed by atoms with Crippen molar-refractivity contribution in [3.8, 4) is 11.3 Å². The van der Waals surface area contributed by atoms with Gasteiger partial charge >= 0.3 is 18.0 Å². The van der Waals surface area contributed by atoms with E-state index in [2.05, 4.69) is 15.2 Å². The number of piperazine rings is 1. The Morgan fingerprint density at radius 1 is 1.10 bits per heavy atom. The van der Waals surface area contributed by atoms with Gasteiger partial charge in [-0.05, 0) is 24.3 Å². The van der Waals surface area contributed by atoms with E-state index in [1.165, 1.54) is 41.9 Å². The van der Waals surface area contributed by atoms with Crippen LogP contribution in [0.15, 0.2) is 75.7 Å². The van der Waals surface area contributed by atoms with E-state index < -0.39 is 18.0 Å². The van der Waals surface area contributed by atoms with Crippen molar-refractivity contribution in [2.24, 2.45) is 4.99 Å². The van der Waals surface area contributed by atoms with Gasteiger partial charge in [0.2, 0.25) is 0 Å². The third-order valence-electron chi connectivity index (χ3n) is 8.39. The summed E-state index contributed by atoms with van der Waals surface area (Å²) >= 11 is 15.6. The van der Waals surface area contributed by atoms with E-state index in [0.717, 1.165) is 5.56 Å². The fraction of sp³-hybridized carbons (Fsp3) is 0.250. The molecule has 3 aliphatic heterocycles. The van der Waals surface area contributed by atoms with Crippen molar-refractivity contribution in [1.82, 2.24) is 25.1 Å². The first-order valence-electron chi connectivity index (χ1n) is 14.8. The molecule has 4 aromatic rings. The van der Waals surface area contributed by atoms with Crippen LogP contribution in [0.1, 0.15) is 27.0 Å². The number of carbonyl (C=O) groups is 3. The van der Waals surface area contributed by atoms with Gasteiger partial charge in [-0.25, -0.2) is 24.4 Å². The molecular weight excluding hydrogens is 697 g/mol. The molecule has 2 saturated heterocycles. The number of aliphatic imine (C=N–C) groups is 1. The SMILES string of the molecule is COC(=O)C1=C(CN2CCN3C(=O)N(c4nc(-c5ccc(C(=O)O)cc5)cs4)CC3C2)NC(c2nccs2)=NC1c1ccc(Cl)cc1Cl. The minimum atomic E-state index is -0.996. The van der Waals surface area contributed by atoms with Crippen LogP contribution >= 0.6 is 45.9 Å². The Bertz CT molecular complexity index is 1960. The topological polar surface area (TPSA) is 141 Å². The fourth-order valence-electron chi connectivity index (χ4n) is 6.07. The average molecular weight is 725 g/mol. The number of halogens is 2. The van der Waals surface area contributed by atoms with Gasteiger partial charge in [-0.15, -0.1) is 22.7 Å². The number of amides is 2. The van der Waals surface area contributed by atoms with E-state index in [-0.39, 0.29) is 17.6 Å². The molecule has 12 nitrogen and oxygen atoms in total. The number of rotatable bonds is 8. The van der Waals surface area contributed by atoms with E-state index in [1.54, 1.807) is 41.4 Å². The molecule has 0 spiro atoms. The predicted molar refractivity (Wildman–Crippen MR) is 184 cm³/mol. The summed E-state index contributed by atoms with van der Waals surface area (Å²) < 4.78 is 5.25. The number of hydrogen-bond acceptors (Lipinski definition) is 11. The first-order chi connectivity index (χ1) is 23.2. The number of carboxylic acid groups (broad SMARTS) is 1. The molecule has 2 fully saturated rings. The maximum atomic E-state index is 13.5. The number of anilines is 1. The van der Waals surface area contributed by atoms with Crippen LogP contribution in [0.25, 0.3) is 11.3 Å². The van der Waals surface area contributed by atoms with Crippen LogP contribution in [0.4, 0.5) is 9.93 Å². The van der Waals surface area contributed by atoms with Crippen molar-refractivity contribution < 1.29 is 24.2 Å². The molecule has 48 heavy (non-hydrogen) atoms. The van der Waals surface area contributed by atoms with Crippen LogP contribution in [0.2, 0.25) is 10.0 Å². The van der Waals surface area contributed by atoms with Gasteiger partial charge in [-0.1, -0.05) is 41.4 Å². The minimum absolute atomic E-state index is 0.104. The second kappa shape index (κ2) is 13.3. The van der Waals surface area contributed by atoms with E-state index in [1.807, 2.05) is 15.7 Å². The van der Waals surface area contributed by atoms with Gasteiger partial charge in [0.05, 0.1) is 36.5 Å². The summed E-state index contributed by atoms with van der Waals surface area (Å²) in [4.78, 5) is 57.9. The van der Waals surface area contributed by atoms with Gasteiger partial charge in [0.1, 0.15) is 6.04 Å². The number of methoxy groups -OCH3 is 1. The fourth-order valence-corrected chi connectivity index (χ4v) is 8.01. The van der Waals surface area contributed by atoms with Crippen LogP contribution in [0.5, 0.6) is 0 Å². The number of urea groups is 1. The summed E-state index contributed by atoms with van der Waals surface area (Å²) in [6.45, 7) is 2.45. The number of thiazole rings is 2. The highest BCUT2D eigenvalue weighted by Gasteiger charge is 2.43. The number of hydrogen-bond donors (Lipinski definition) is 2. The number of carboxylic acids is 1. The van der Waals surface area contributed by atoms with E-state index in [4.69, 9.17) is 37.9 Å². The van der Waals surface area contributed by atoms with Gasteiger partial charge in [0.15, 0.2) is 16.0 Å². The lowest BCUT2D eigenvalue weighted by molar-refractivity contribution is -0.136. The molecule has 2 aromatic carbocycles. The quantitative estimate of drug-likeness (QED) is 0.228. The summed E-state index contributed by atoms with van der Waals surface area (Å²) in [6.07, 6.45) is 1.69. The summed E-state index contributed by atoms with van der Waals surface area (Å²) in [7, 11) is 1.33. The molecule has 0 bridgehead atoms. The zero-order valence-corrected chi connectivity index (χ0v) is 28.4. The average Bonchev–Trinajstić information content (AvgIpc) is 3.85. The maximum Gasteiger partial charge on any atom is 0.338 e. The summed E-state index contributed by atoms with van der Waals surface area (Å²) in [5.74, 6) is -1.01. The second-order valence-corrected chi connectivity index (χ2v) is 13.8. The second-order valence-electron chi connectivity index (χ2n) is 11.3. The molecule has 2 amide bonds. The molecule has 0 radical (unpaired) electrons. The van der Waals surface area contributed by atoms with Crippen molar-refractivity contribution in [3.05, 3.63) is 96.9 Å². The molecule has 16 heteroatoms. The zero-order valence-electron chi connectivity index (χ0n) is 25.3. The highest BCUT2D eigenvalue weighted by atomic mass is 35.5. The van der Waals surface area contributed by atoms with Crippen molar-refractivity contribution in [2.75, 3.05) is 44.7 Å². The highest BCUT2D eigenvalue weighted by Crippen LogP contribution is 2.38. The lowest BCUT2D eigenvalue weighted by atomic mass is 9.95. The Morgan fingerprint density at radius 2 is 1.92 bits per heavy atom. The maximum absolute atomic E-state index is 13.5. The van der Waals surface area contributed by atoms with Crippen LogP contribution in [-0.4, -0.2) is 94.6 Å². The van der Waals surface area contributed by atoms with Gasteiger partial charge in [-0.2, -0.15) is 0 Å². The Morgan fingerprint density at radius 3 is 2.62 bits per heavy atom. The number of carbonyl (C=O) groups excluding carboxylic acids is 2. The highest BCUT2D eigenvalue weighted by molar-refractivity contribution is 7.14. The Kier molecular flexibility index (Phi) is 8.92. The first-order valence-corrected chi connectivity index (χ1v) is 17.3. The van der Waals surface area contributed by atoms with Crippen molar-refractivity contribution in [3.63, 3.8) is 0 Å². The molecule has 2 aromatic heterocycles. The number of ether oxygens (including phenoxy) is 1. The Labute approximate surface area is 292 Å². The normalized spacial score (nSPS) is 19.6. The molecular formula is C32H27Cl2N7O5S2. The van der Waals surface area contributed by atoms with Crippen molar-refractivity contribution >= 4 is 74.8 Å². The van der Waals surface area contributed by atoms with Crippen molar-refractivity contribution in [2.45, 2.75) is 12.1 Å². The third-order valence-corrected chi connectivity index (χ3v) is 10.6. The number of aromatic carboxylic acids is 1. The molecule has 0 aliphatic carbocycles. The molecule has 246 valence electrons. The smallest absolute Gasteiger partial charge is 0.338 e. The molecule has 5 heterocycles. The van der Waals surface area contributed by atoms with Gasteiger partial charge < -0.3 is 20.1 Å². The molecule has 3 aliphatic rings. The van der Waals surface area contributed by atoms with Gasteiger partial charge in [-0.3, -0.25) is 14.8 Å². The Hall–Kier alpha value is -4.34. The molecule has 2 unspecified atom stereocenters. The van der Waals surface area contributed by atoms with Crippen LogP contribution in [0.3, 0.4) is 0 Å². The predicted octanol–water partition coefficient (Wildman–Crippen LogP) is 5.42. The lowest BCUT2D eigenvalue weighted by Gasteiger charge is -2.38. The van der Waals surface area contributed by atoms with E-state index >= 15 is 0 Å². The third kappa shape index (κ3) is 6.17. The van der Waals surface area contributed by atoms with Crippen LogP contribution in [-0.2, 0) is 9.53 Å². The molecule has 2 N–H and O–H groups in total. The number of amidine groups is 1. The molecule has 2 atom stereocenters. The number of benzene rings is 2. The number of fused-ring (bicyclic) bond motifs is 1. The van der Waals surface area contributed by atoms with Gasteiger partial charge in [0.25, 0.3) is 0 Å². The number of aromatic nitrogens is 2. The zero-order chi connectivity index (χ0) is 33.5. The molecule has 0 saturated carbocycles. The standard InChI is InChI=1S/C32H27Cl2N7O5S2/c1-46-30(44)25-23(36-27(28-35-8-11-47-28)38-26(25)21-7-6-19(33)12-22(21)34)15-39-9-10-40-20(13-39)14-41(32(40)45)31-37-24(16-48-31)17-2-4-18(5-3-17)29(42)43/h2-8,11-12,16,20,26H,9-10,13-15H2,1H3,(H,36,38)(H,42,43). The van der Waals surface area contributed by atoms with Crippen molar-refractivity contribution in [1.29, 1.82) is 0 Å². The van der Waals surface area contributed by atoms with Crippen LogP contribution < -0.4 is 10.2 Å².